The molecule has 7 nitrogen and oxygen atoms in total. The maximum atomic E-state index is 12.0. The number of nitrogen functional groups attached to an aromatic ring is 1. The van der Waals surface area contributed by atoms with E-state index >= 15 is 0 Å². The molecule has 0 bridgehead atoms. The van der Waals surface area contributed by atoms with Gasteiger partial charge in [-0.15, -0.1) is 5.10 Å². The van der Waals surface area contributed by atoms with E-state index in [2.05, 4.69) is 15.3 Å². The summed E-state index contributed by atoms with van der Waals surface area (Å²) in [7, 11) is 0. The molecule has 0 unspecified atom stereocenters. The van der Waals surface area contributed by atoms with Gasteiger partial charge in [0.1, 0.15) is 5.69 Å². The fraction of sp³-hybridized carbons (Fsp3) is 0.273. The number of carbonyl (C=O) groups excluding carboxylic acids is 1. The molecule has 2 heterocycles. The van der Waals surface area contributed by atoms with E-state index < -0.39 is 0 Å². The number of nitrogens with zero attached hydrogens (tertiary/aromatic N) is 4. The number of anilines is 1. The molecule has 0 spiro atoms. The number of aromatic nitrogens is 4. The first-order chi connectivity index (χ1) is 8.70. The van der Waals surface area contributed by atoms with Crippen LogP contribution in [0.2, 0.25) is 0 Å². The van der Waals surface area contributed by atoms with Gasteiger partial charge in [-0.1, -0.05) is 5.21 Å². The molecule has 0 fully saturated rings. The monoisotopic (exact) mass is 246 g/mol. The van der Waals surface area contributed by atoms with Gasteiger partial charge < -0.3 is 11.5 Å². The van der Waals surface area contributed by atoms with Crippen LogP contribution in [-0.4, -0.2) is 32.3 Å². The lowest BCUT2D eigenvalue weighted by Gasteiger charge is -2.01. The maximum absolute atomic E-state index is 12.0. The van der Waals surface area contributed by atoms with E-state index in [0.29, 0.717) is 30.0 Å². The summed E-state index contributed by atoms with van der Waals surface area (Å²) in [5, 5.41) is 7.62. The lowest BCUT2D eigenvalue weighted by molar-refractivity contribution is 0.0988. The van der Waals surface area contributed by atoms with Crippen molar-refractivity contribution in [1.82, 2.24) is 20.0 Å². The average molecular weight is 246 g/mol. The molecule has 0 aliphatic carbocycles. The van der Waals surface area contributed by atoms with Gasteiger partial charge in [-0.25, -0.2) is 0 Å². The molecular weight excluding hydrogens is 232 g/mol. The van der Waals surface area contributed by atoms with Gasteiger partial charge in [-0.05, 0) is 6.07 Å². The van der Waals surface area contributed by atoms with E-state index in [0.717, 1.165) is 0 Å². The molecule has 0 aliphatic heterocycles. The molecule has 0 saturated heterocycles. The van der Waals surface area contributed by atoms with E-state index in [4.69, 9.17) is 11.5 Å². The molecular formula is C11H14N6O. The summed E-state index contributed by atoms with van der Waals surface area (Å²) in [6, 6.07) is 1.66. The first kappa shape index (κ1) is 12.2. The van der Waals surface area contributed by atoms with Crippen LogP contribution in [0.1, 0.15) is 16.1 Å². The third-order valence-corrected chi connectivity index (χ3v) is 2.47. The highest BCUT2D eigenvalue weighted by atomic mass is 16.1. The van der Waals surface area contributed by atoms with Gasteiger partial charge >= 0.3 is 0 Å². The summed E-state index contributed by atoms with van der Waals surface area (Å²) in [6.07, 6.45) is 4.92. The summed E-state index contributed by atoms with van der Waals surface area (Å²) >= 11 is 0. The zero-order valence-corrected chi connectivity index (χ0v) is 9.78. The second-order valence-electron chi connectivity index (χ2n) is 3.83. The highest BCUT2D eigenvalue weighted by Crippen LogP contribution is 2.11. The van der Waals surface area contributed by atoms with Gasteiger partial charge in [0.05, 0.1) is 12.7 Å². The number of hydrogen-bond acceptors (Lipinski definition) is 6. The van der Waals surface area contributed by atoms with Crippen LogP contribution < -0.4 is 11.5 Å². The number of carbonyl (C=O) groups is 1. The Hall–Kier alpha value is -2.28. The van der Waals surface area contributed by atoms with E-state index in [1.807, 2.05) is 0 Å². The smallest absolute Gasteiger partial charge is 0.189 e. The first-order valence-corrected chi connectivity index (χ1v) is 5.52. The van der Waals surface area contributed by atoms with Crippen LogP contribution >= 0.6 is 0 Å². The number of nitrogens with two attached hydrogens (primary N) is 2. The Kier molecular flexibility index (Phi) is 3.63. The van der Waals surface area contributed by atoms with Gasteiger partial charge in [-0.3, -0.25) is 14.5 Å². The van der Waals surface area contributed by atoms with Crippen LogP contribution in [0.15, 0.2) is 24.7 Å². The van der Waals surface area contributed by atoms with Crippen LogP contribution in [0.5, 0.6) is 0 Å². The van der Waals surface area contributed by atoms with Crippen LogP contribution in [0.3, 0.4) is 0 Å². The fourth-order valence-corrected chi connectivity index (χ4v) is 1.52. The first-order valence-electron chi connectivity index (χ1n) is 5.52. The Bertz CT molecular complexity index is 550. The van der Waals surface area contributed by atoms with Crippen molar-refractivity contribution in [3.05, 3.63) is 35.9 Å². The molecule has 0 aliphatic rings. The lowest BCUT2D eigenvalue weighted by Crippen LogP contribution is -2.10. The van der Waals surface area contributed by atoms with Crippen LogP contribution in [0.25, 0.3) is 0 Å². The fourth-order valence-electron chi connectivity index (χ4n) is 1.52. The SMILES string of the molecule is NCCn1cc(C(=O)Cc2cnccc2N)nn1. The zero-order chi connectivity index (χ0) is 13.0. The highest BCUT2D eigenvalue weighted by molar-refractivity contribution is 5.96. The number of rotatable bonds is 5. The summed E-state index contributed by atoms with van der Waals surface area (Å²) in [4.78, 5) is 15.9. The third-order valence-electron chi connectivity index (χ3n) is 2.47. The molecule has 94 valence electrons. The Balaban J connectivity index is 2.10. The van der Waals surface area contributed by atoms with E-state index in [1.165, 1.54) is 0 Å². The molecule has 2 rings (SSSR count). The average Bonchev–Trinajstić information content (AvgIpc) is 2.81. The molecule has 18 heavy (non-hydrogen) atoms. The van der Waals surface area contributed by atoms with Gasteiger partial charge in [0.15, 0.2) is 5.78 Å². The topological polar surface area (TPSA) is 113 Å². The molecule has 0 amide bonds. The van der Waals surface area contributed by atoms with Crippen molar-refractivity contribution in [2.24, 2.45) is 5.73 Å². The molecule has 0 saturated carbocycles. The van der Waals surface area contributed by atoms with Crippen molar-refractivity contribution >= 4 is 11.5 Å². The van der Waals surface area contributed by atoms with Gasteiger partial charge in [-0.2, -0.15) is 0 Å². The van der Waals surface area contributed by atoms with Crippen molar-refractivity contribution in [3.8, 4) is 0 Å². The van der Waals surface area contributed by atoms with Crippen molar-refractivity contribution in [3.63, 3.8) is 0 Å². The van der Waals surface area contributed by atoms with Crippen molar-refractivity contribution in [1.29, 1.82) is 0 Å². The van der Waals surface area contributed by atoms with Crippen molar-refractivity contribution in [2.75, 3.05) is 12.3 Å². The summed E-state index contributed by atoms with van der Waals surface area (Å²) in [5.74, 6) is -0.141. The Morgan fingerprint density at radius 3 is 3.00 bits per heavy atom. The molecule has 0 radical (unpaired) electrons. The zero-order valence-electron chi connectivity index (χ0n) is 9.78. The molecule has 2 aromatic rings. The standard InChI is InChI=1S/C11H14N6O/c12-2-4-17-7-10(15-16-17)11(18)5-8-6-14-3-1-9(8)13/h1,3,6-7H,2,4-5,12H2,(H2,13,14). The predicted octanol–water partition coefficient (Wildman–Crippen LogP) is -0.361. The van der Waals surface area contributed by atoms with Gasteiger partial charge in [0, 0.05) is 36.6 Å². The van der Waals surface area contributed by atoms with Gasteiger partial charge in [0.25, 0.3) is 0 Å². The van der Waals surface area contributed by atoms with E-state index in [1.54, 1.807) is 29.3 Å². The predicted molar refractivity (Wildman–Crippen MR) is 65.8 cm³/mol. The quantitative estimate of drug-likeness (QED) is 0.696. The minimum absolute atomic E-state index is 0.141. The number of hydrogen-bond donors (Lipinski definition) is 2. The summed E-state index contributed by atoms with van der Waals surface area (Å²) in [5.41, 5.74) is 12.7. The summed E-state index contributed by atoms with van der Waals surface area (Å²) < 4.78 is 1.54. The van der Waals surface area contributed by atoms with Crippen LogP contribution in [-0.2, 0) is 13.0 Å². The third kappa shape index (κ3) is 2.69. The second kappa shape index (κ2) is 5.37. The van der Waals surface area contributed by atoms with E-state index in [-0.39, 0.29) is 12.2 Å². The second-order valence-corrected chi connectivity index (χ2v) is 3.83. The Labute approximate surface area is 104 Å². The Morgan fingerprint density at radius 1 is 1.44 bits per heavy atom. The number of ketones is 1. The van der Waals surface area contributed by atoms with E-state index in [9.17, 15) is 4.79 Å². The lowest BCUT2D eigenvalue weighted by atomic mass is 10.1. The van der Waals surface area contributed by atoms with Crippen LogP contribution in [0.4, 0.5) is 5.69 Å². The normalized spacial score (nSPS) is 10.5. The minimum Gasteiger partial charge on any atom is -0.398 e. The number of Topliss-reactive ketones (excluding diaryl/α,β-unsaturated/α-hetero) is 1. The Morgan fingerprint density at radius 2 is 2.28 bits per heavy atom. The van der Waals surface area contributed by atoms with Crippen molar-refractivity contribution < 1.29 is 4.79 Å². The molecule has 4 N–H and O–H groups in total. The number of pyridine rings is 1. The largest absolute Gasteiger partial charge is 0.398 e. The molecule has 0 atom stereocenters. The highest BCUT2D eigenvalue weighted by Gasteiger charge is 2.13. The van der Waals surface area contributed by atoms with Crippen molar-refractivity contribution in [2.45, 2.75) is 13.0 Å². The summed E-state index contributed by atoms with van der Waals surface area (Å²) in [6.45, 7) is 0.988. The molecule has 7 heteroatoms. The maximum Gasteiger partial charge on any atom is 0.189 e. The molecule has 0 aromatic carbocycles. The van der Waals surface area contributed by atoms with Crippen LogP contribution in [0, 0.1) is 0 Å². The van der Waals surface area contributed by atoms with Gasteiger partial charge in [0.2, 0.25) is 0 Å². The molecule has 2 aromatic heterocycles. The minimum atomic E-state index is -0.141.